The fraction of sp³-hybridized carbons (Fsp3) is 0.647. The smallest absolute Gasteiger partial charge is 0.118 e. The molecule has 2 rings (SSSR count). The van der Waals surface area contributed by atoms with Gasteiger partial charge in [0.05, 0.1) is 7.11 Å². The molecule has 2 nitrogen and oxygen atoms in total. The minimum Gasteiger partial charge on any atom is -0.497 e. The molecule has 1 aromatic carbocycles. The molecule has 1 N–H and O–H groups in total. The quantitative estimate of drug-likeness (QED) is 0.836. The van der Waals surface area contributed by atoms with Gasteiger partial charge in [-0.15, -0.1) is 0 Å². The van der Waals surface area contributed by atoms with Crippen LogP contribution in [0.1, 0.15) is 51.5 Å². The van der Waals surface area contributed by atoms with Gasteiger partial charge in [-0.3, -0.25) is 0 Å². The molecule has 1 aliphatic carbocycles. The van der Waals surface area contributed by atoms with Gasteiger partial charge in [-0.25, -0.2) is 0 Å². The van der Waals surface area contributed by atoms with Gasteiger partial charge in [0.15, 0.2) is 0 Å². The highest BCUT2D eigenvalue weighted by Crippen LogP contribution is 2.37. The Bertz CT molecular complexity index is 379. The summed E-state index contributed by atoms with van der Waals surface area (Å²) in [7, 11) is 1.72. The molecule has 0 spiro atoms. The second-order valence-corrected chi connectivity index (χ2v) is 6.06. The monoisotopic (exact) mass is 261 g/mol. The molecule has 1 aromatic rings. The van der Waals surface area contributed by atoms with Crippen LogP contribution in [0.15, 0.2) is 24.3 Å². The predicted molar refractivity (Wildman–Crippen MR) is 80.8 cm³/mol. The summed E-state index contributed by atoms with van der Waals surface area (Å²) in [5.74, 6) is 2.40. The molecule has 1 atom stereocenters. The number of benzene rings is 1. The van der Waals surface area contributed by atoms with Crippen molar-refractivity contribution >= 4 is 0 Å². The standard InChI is InChI=1S/C17H27NO/c1-5-17(12(2)3)18-15-10-14(11-15)13-6-8-16(19-4)9-7-13/h6-9,12,14-15,17-18H,5,10-11H2,1-4H3. The minimum absolute atomic E-state index is 0.668. The Hall–Kier alpha value is -1.02. The summed E-state index contributed by atoms with van der Waals surface area (Å²) in [6.45, 7) is 6.89. The molecule has 1 fully saturated rings. The van der Waals surface area contributed by atoms with Crippen LogP contribution in [-0.4, -0.2) is 19.2 Å². The lowest BCUT2D eigenvalue weighted by Gasteiger charge is -2.39. The molecule has 2 heteroatoms. The number of rotatable bonds is 6. The zero-order chi connectivity index (χ0) is 13.8. The van der Waals surface area contributed by atoms with Crippen LogP contribution >= 0.6 is 0 Å². The first kappa shape index (κ1) is 14.4. The third-order valence-electron chi connectivity index (χ3n) is 4.42. The molecule has 1 unspecified atom stereocenters. The molecular weight excluding hydrogens is 234 g/mol. The maximum Gasteiger partial charge on any atom is 0.118 e. The van der Waals surface area contributed by atoms with Crippen molar-refractivity contribution in [3.8, 4) is 5.75 Å². The van der Waals surface area contributed by atoms with E-state index in [0.29, 0.717) is 12.1 Å². The Kier molecular flexibility index (Phi) is 4.87. The van der Waals surface area contributed by atoms with E-state index in [4.69, 9.17) is 4.74 Å². The molecule has 0 aliphatic heterocycles. The van der Waals surface area contributed by atoms with Crippen molar-refractivity contribution < 1.29 is 4.74 Å². The van der Waals surface area contributed by atoms with E-state index in [1.165, 1.54) is 24.8 Å². The average Bonchev–Trinajstić information content (AvgIpc) is 2.37. The molecule has 0 saturated heterocycles. The van der Waals surface area contributed by atoms with Crippen LogP contribution in [0.2, 0.25) is 0 Å². The summed E-state index contributed by atoms with van der Waals surface area (Å²) in [5, 5.41) is 3.80. The first-order valence-electron chi connectivity index (χ1n) is 7.54. The first-order valence-corrected chi connectivity index (χ1v) is 7.54. The topological polar surface area (TPSA) is 21.3 Å². The zero-order valence-corrected chi connectivity index (χ0v) is 12.6. The van der Waals surface area contributed by atoms with Gasteiger partial charge < -0.3 is 10.1 Å². The molecule has 106 valence electrons. The molecule has 0 aromatic heterocycles. The second-order valence-electron chi connectivity index (χ2n) is 6.06. The summed E-state index contributed by atoms with van der Waals surface area (Å²) < 4.78 is 5.20. The highest BCUT2D eigenvalue weighted by molar-refractivity contribution is 5.30. The Labute approximate surface area is 117 Å². The highest BCUT2D eigenvalue weighted by Gasteiger charge is 2.31. The van der Waals surface area contributed by atoms with E-state index >= 15 is 0 Å². The predicted octanol–water partition coefficient (Wildman–Crippen LogP) is 3.97. The molecule has 0 amide bonds. The van der Waals surface area contributed by atoms with E-state index in [2.05, 4.69) is 50.4 Å². The fourth-order valence-electron chi connectivity index (χ4n) is 2.99. The van der Waals surface area contributed by atoms with Crippen molar-refractivity contribution in [2.75, 3.05) is 7.11 Å². The maximum atomic E-state index is 5.20. The Morgan fingerprint density at radius 3 is 2.32 bits per heavy atom. The third kappa shape index (κ3) is 3.50. The van der Waals surface area contributed by atoms with Crippen molar-refractivity contribution in [3.63, 3.8) is 0 Å². The van der Waals surface area contributed by atoms with Crippen molar-refractivity contribution in [1.82, 2.24) is 5.32 Å². The number of nitrogens with one attached hydrogen (secondary N) is 1. The summed E-state index contributed by atoms with van der Waals surface area (Å²) in [6, 6.07) is 9.93. The SMILES string of the molecule is CCC(NC1CC(c2ccc(OC)cc2)C1)C(C)C. The highest BCUT2D eigenvalue weighted by atomic mass is 16.5. The average molecular weight is 261 g/mol. The summed E-state index contributed by atoms with van der Waals surface area (Å²) in [6.07, 6.45) is 3.77. The summed E-state index contributed by atoms with van der Waals surface area (Å²) in [4.78, 5) is 0. The molecule has 1 aliphatic rings. The fourth-order valence-corrected chi connectivity index (χ4v) is 2.99. The van der Waals surface area contributed by atoms with Crippen LogP contribution in [0.3, 0.4) is 0 Å². The molecule has 0 bridgehead atoms. The van der Waals surface area contributed by atoms with Crippen LogP contribution in [0.25, 0.3) is 0 Å². The van der Waals surface area contributed by atoms with E-state index in [1.54, 1.807) is 7.11 Å². The third-order valence-corrected chi connectivity index (χ3v) is 4.42. The Balaban J connectivity index is 1.82. The van der Waals surface area contributed by atoms with E-state index < -0.39 is 0 Å². The van der Waals surface area contributed by atoms with Crippen molar-refractivity contribution in [2.45, 2.75) is 58.0 Å². The van der Waals surface area contributed by atoms with Crippen LogP contribution in [0.5, 0.6) is 5.75 Å². The molecule has 0 heterocycles. The number of hydrogen-bond donors (Lipinski definition) is 1. The Morgan fingerprint density at radius 1 is 1.21 bits per heavy atom. The van der Waals surface area contributed by atoms with Gasteiger partial charge in [0.1, 0.15) is 5.75 Å². The van der Waals surface area contributed by atoms with Crippen molar-refractivity contribution in [1.29, 1.82) is 0 Å². The minimum atomic E-state index is 0.668. The molecular formula is C17H27NO. The zero-order valence-electron chi connectivity index (χ0n) is 12.6. The lowest BCUT2D eigenvalue weighted by molar-refractivity contribution is 0.237. The van der Waals surface area contributed by atoms with Gasteiger partial charge >= 0.3 is 0 Å². The van der Waals surface area contributed by atoms with Gasteiger partial charge in [-0.2, -0.15) is 0 Å². The van der Waals surface area contributed by atoms with E-state index in [0.717, 1.165) is 17.6 Å². The molecule has 1 saturated carbocycles. The Morgan fingerprint density at radius 2 is 1.84 bits per heavy atom. The molecule has 0 radical (unpaired) electrons. The lowest BCUT2D eigenvalue weighted by atomic mass is 9.75. The number of hydrogen-bond acceptors (Lipinski definition) is 2. The van der Waals surface area contributed by atoms with Gasteiger partial charge in [0.25, 0.3) is 0 Å². The van der Waals surface area contributed by atoms with Crippen molar-refractivity contribution in [3.05, 3.63) is 29.8 Å². The van der Waals surface area contributed by atoms with Crippen LogP contribution in [0, 0.1) is 5.92 Å². The summed E-state index contributed by atoms with van der Waals surface area (Å²) in [5.41, 5.74) is 1.46. The van der Waals surface area contributed by atoms with Gasteiger partial charge in [0.2, 0.25) is 0 Å². The van der Waals surface area contributed by atoms with Crippen molar-refractivity contribution in [2.24, 2.45) is 5.92 Å². The van der Waals surface area contributed by atoms with E-state index in [-0.39, 0.29) is 0 Å². The van der Waals surface area contributed by atoms with Gasteiger partial charge in [0, 0.05) is 12.1 Å². The maximum absolute atomic E-state index is 5.20. The van der Waals surface area contributed by atoms with Crippen LogP contribution in [0.4, 0.5) is 0 Å². The van der Waals surface area contributed by atoms with E-state index in [9.17, 15) is 0 Å². The first-order chi connectivity index (χ1) is 9.13. The molecule has 19 heavy (non-hydrogen) atoms. The van der Waals surface area contributed by atoms with Gasteiger partial charge in [-0.05, 0) is 48.8 Å². The normalized spacial score (nSPS) is 24.1. The van der Waals surface area contributed by atoms with E-state index in [1.807, 2.05) is 0 Å². The van der Waals surface area contributed by atoms with Crippen LogP contribution in [-0.2, 0) is 0 Å². The van der Waals surface area contributed by atoms with Gasteiger partial charge in [-0.1, -0.05) is 32.9 Å². The number of ether oxygens (including phenoxy) is 1. The summed E-state index contributed by atoms with van der Waals surface area (Å²) >= 11 is 0. The second kappa shape index (κ2) is 6.42. The number of methoxy groups -OCH3 is 1. The lowest BCUT2D eigenvalue weighted by Crippen LogP contribution is -2.47. The van der Waals surface area contributed by atoms with Crippen LogP contribution < -0.4 is 10.1 Å². The largest absolute Gasteiger partial charge is 0.497 e.